The molecule has 4 rings (SSSR count). The fraction of sp³-hybridized carbons (Fsp3) is 0.188. The van der Waals surface area contributed by atoms with Gasteiger partial charge in [-0.3, -0.25) is 4.79 Å². The molecule has 2 aromatic rings. The number of benzene rings is 2. The molecule has 0 spiro atoms. The van der Waals surface area contributed by atoms with E-state index in [1.165, 1.54) is 0 Å². The molecule has 1 amide bonds. The third-order valence-corrected chi connectivity index (χ3v) is 3.88. The lowest BCUT2D eigenvalue weighted by atomic mass is 9.84. The van der Waals surface area contributed by atoms with Crippen LogP contribution in [-0.2, 0) is 4.79 Å². The van der Waals surface area contributed by atoms with E-state index in [9.17, 15) is 9.90 Å². The van der Waals surface area contributed by atoms with Gasteiger partial charge in [0.05, 0.1) is 0 Å². The van der Waals surface area contributed by atoms with Crippen molar-refractivity contribution in [2.75, 3.05) is 12.1 Å². The first-order valence-electron chi connectivity index (χ1n) is 6.73. The Labute approximate surface area is 121 Å². The first-order valence-corrected chi connectivity index (χ1v) is 6.73. The normalized spacial score (nSPS) is 19.0. The molecular formula is C16H13NO4. The fourth-order valence-corrected chi connectivity index (χ4v) is 2.85. The van der Waals surface area contributed by atoms with E-state index >= 15 is 0 Å². The maximum atomic E-state index is 11.9. The standard InChI is InChI=1S/C16H13NO4/c18-10-3-1-9(2-4-10)11-6-16(19)17-13-7-15-14(5-12(11)13)20-8-21-15/h1-5,7,11,18H,6,8H2,(H,17,19)/t11-/m1/s1. The number of rotatable bonds is 1. The van der Waals surface area contributed by atoms with E-state index in [2.05, 4.69) is 5.32 Å². The van der Waals surface area contributed by atoms with Crippen LogP contribution in [0.3, 0.4) is 0 Å². The zero-order chi connectivity index (χ0) is 14.4. The third-order valence-electron chi connectivity index (χ3n) is 3.88. The molecule has 2 heterocycles. The van der Waals surface area contributed by atoms with Gasteiger partial charge < -0.3 is 19.9 Å². The molecule has 21 heavy (non-hydrogen) atoms. The highest BCUT2D eigenvalue weighted by molar-refractivity contribution is 5.96. The van der Waals surface area contributed by atoms with Crippen molar-refractivity contribution in [3.63, 3.8) is 0 Å². The summed E-state index contributed by atoms with van der Waals surface area (Å²) < 4.78 is 10.8. The largest absolute Gasteiger partial charge is 0.508 e. The molecule has 1 atom stereocenters. The van der Waals surface area contributed by atoms with Crippen LogP contribution >= 0.6 is 0 Å². The first-order chi connectivity index (χ1) is 10.2. The van der Waals surface area contributed by atoms with Gasteiger partial charge in [0.15, 0.2) is 11.5 Å². The summed E-state index contributed by atoms with van der Waals surface area (Å²) in [7, 11) is 0. The Morgan fingerprint density at radius 2 is 1.81 bits per heavy atom. The number of ether oxygens (including phenoxy) is 2. The molecule has 106 valence electrons. The molecule has 0 saturated heterocycles. The van der Waals surface area contributed by atoms with Gasteiger partial charge in [-0.2, -0.15) is 0 Å². The van der Waals surface area contributed by atoms with Gasteiger partial charge in [0.1, 0.15) is 5.75 Å². The average molecular weight is 283 g/mol. The molecule has 2 aromatic carbocycles. The number of carbonyl (C=O) groups excluding carboxylic acids is 1. The number of aromatic hydroxyl groups is 1. The molecule has 0 aliphatic carbocycles. The maximum Gasteiger partial charge on any atom is 0.231 e. The SMILES string of the molecule is O=C1C[C@H](c2ccc(O)cc2)c2cc3c(cc2N1)OCO3. The summed E-state index contributed by atoms with van der Waals surface area (Å²) in [6.07, 6.45) is 0.372. The van der Waals surface area contributed by atoms with E-state index in [-0.39, 0.29) is 24.4 Å². The second-order valence-electron chi connectivity index (χ2n) is 5.19. The third kappa shape index (κ3) is 1.98. The minimum atomic E-state index is -0.0520. The summed E-state index contributed by atoms with van der Waals surface area (Å²) in [5.74, 6) is 1.49. The Balaban J connectivity index is 1.83. The summed E-state index contributed by atoms with van der Waals surface area (Å²) >= 11 is 0. The van der Waals surface area contributed by atoms with Crippen molar-refractivity contribution in [2.45, 2.75) is 12.3 Å². The Morgan fingerprint density at radius 3 is 2.57 bits per heavy atom. The second-order valence-corrected chi connectivity index (χ2v) is 5.19. The molecule has 2 aliphatic rings. The number of hydrogen-bond acceptors (Lipinski definition) is 4. The highest BCUT2D eigenvalue weighted by atomic mass is 16.7. The van der Waals surface area contributed by atoms with E-state index in [4.69, 9.17) is 9.47 Å². The van der Waals surface area contributed by atoms with Crippen molar-refractivity contribution in [1.29, 1.82) is 0 Å². The summed E-state index contributed by atoms with van der Waals surface area (Å²) in [5, 5.41) is 12.3. The van der Waals surface area contributed by atoms with Gasteiger partial charge in [0.25, 0.3) is 0 Å². The van der Waals surface area contributed by atoms with E-state index in [1.807, 2.05) is 24.3 Å². The second kappa shape index (κ2) is 4.41. The predicted octanol–water partition coefficient (Wildman–Crippen LogP) is 2.59. The maximum absolute atomic E-state index is 11.9. The first kappa shape index (κ1) is 12.1. The predicted molar refractivity (Wildman–Crippen MR) is 75.8 cm³/mol. The van der Waals surface area contributed by atoms with Crippen LogP contribution in [0.4, 0.5) is 5.69 Å². The zero-order valence-electron chi connectivity index (χ0n) is 11.1. The fourth-order valence-electron chi connectivity index (χ4n) is 2.85. The van der Waals surface area contributed by atoms with Crippen LogP contribution in [-0.4, -0.2) is 17.8 Å². The van der Waals surface area contributed by atoms with E-state index in [0.717, 1.165) is 16.8 Å². The molecule has 0 bridgehead atoms. The number of phenolic OH excluding ortho intramolecular Hbond substituents is 1. The van der Waals surface area contributed by atoms with Gasteiger partial charge >= 0.3 is 0 Å². The van der Waals surface area contributed by atoms with Gasteiger partial charge in [0.2, 0.25) is 12.7 Å². The van der Waals surface area contributed by atoms with Crippen molar-refractivity contribution < 1.29 is 19.4 Å². The summed E-state index contributed by atoms with van der Waals surface area (Å²) in [4.78, 5) is 11.9. The molecule has 5 heteroatoms. The van der Waals surface area contributed by atoms with Crippen molar-refractivity contribution in [2.24, 2.45) is 0 Å². The number of carbonyl (C=O) groups is 1. The summed E-state index contributed by atoms with van der Waals surface area (Å²) in [6, 6.07) is 10.7. The van der Waals surface area contributed by atoms with Gasteiger partial charge in [-0.15, -0.1) is 0 Å². The average Bonchev–Trinajstić information content (AvgIpc) is 2.92. The van der Waals surface area contributed by atoms with E-state index in [0.29, 0.717) is 17.9 Å². The number of amides is 1. The lowest BCUT2D eigenvalue weighted by Crippen LogP contribution is -2.23. The van der Waals surface area contributed by atoms with Crippen molar-refractivity contribution in [1.82, 2.24) is 0 Å². The Kier molecular flexibility index (Phi) is 2.54. The smallest absolute Gasteiger partial charge is 0.231 e. The topological polar surface area (TPSA) is 67.8 Å². The van der Waals surface area contributed by atoms with Crippen molar-refractivity contribution in [3.8, 4) is 17.2 Å². The molecule has 5 nitrogen and oxygen atoms in total. The number of anilines is 1. The number of hydrogen-bond donors (Lipinski definition) is 2. The summed E-state index contributed by atoms with van der Waals surface area (Å²) in [6.45, 7) is 0.204. The molecule has 0 fully saturated rings. The lowest BCUT2D eigenvalue weighted by molar-refractivity contribution is -0.116. The van der Waals surface area contributed by atoms with E-state index < -0.39 is 0 Å². The van der Waals surface area contributed by atoms with Crippen LogP contribution in [0.5, 0.6) is 17.2 Å². The minimum absolute atomic E-state index is 0.0283. The van der Waals surface area contributed by atoms with Gasteiger partial charge in [-0.05, 0) is 29.3 Å². The quantitative estimate of drug-likeness (QED) is 0.844. The zero-order valence-corrected chi connectivity index (χ0v) is 11.1. The highest BCUT2D eigenvalue weighted by Gasteiger charge is 2.29. The Bertz CT molecular complexity index is 724. The molecule has 0 aromatic heterocycles. The van der Waals surface area contributed by atoms with Crippen molar-refractivity contribution >= 4 is 11.6 Å². The molecular weight excluding hydrogens is 270 g/mol. The Morgan fingerprint density at radius 1 is 1.10 bits per heavy atom. The van der Waals surface area contributed by atoms with E-state index in [1.54, 1.807) is 12.1 Å². The molecule has 0 radical (unpaired) electrons. The van der Waals surface area contributed by atoms with Gasteiger partial charge in [-0.1, -0.05) is 12.1 Å². The molecule has 2 aliphatic heterocycles. The van der Waals surface area contributed by atoms with Crippen LogP contribution in [0.15, 0.2) is 36.4 Å². The number of nitrogens with one attached hydrogen (secondary N) is 1. The molecule has 0 saturated carbocycles. The monoisotopic (exact) mass is 283 g/mol. The van der Waals surface area contributed by atoms with Gasteiger partial charge in [0, 0.05) is 24.1 Å². The van der Waals surface area contributed by atoms with Crippen LogP contribution in [0, 0.1) is 0 Å². The lowest BCUT2D eigenvalue weighted by Gasteiger charge is -2.26. The molecule has 2 N–H and O–H groups in total. The van der Waals surface area contributed by atoms with Crippen LogP contribution in [0.1, 0.15) is 23.5 Å². The molecule has 0 unspecified atom stereocenters. The van der Waals surface area contributed by atoms with Crippen LogP contribution < -0.4 is 14.8 Å². The van der Waals surface area contributed by atoms with Crippen molar-refractivity contribution in [3.05, 3.63) is 47.5 Å². The number of phenols is 1. The van der Waals surface area contributed by atoms with Crippen LogP contribution in [0.25, 0.3) is 0 Å². The van der Waals surface area contributed by atoms with Crippen LogP contribution in [0.2, 0.25) is 0 Å². The minimum Gasteiger partial charge on any atom is -0.508 e. The summed E-state index contributed by atoms with van der Waals surface area (Å²) in [5.41, 5.74) is 2.75. The Hall–Kier alpha value is -2.69. The van der Waals surface area contributed by atoms with Gasteiger partial charge in [-0.25, -0.2) is 0 Å². The number of fused-ring (bicyclic) bond motifs is 2. The highest BCUT2D eigenvalue weighted by Crippen LogP contribution is 2.44.